The lowest BCUT2D eigenvalue weighted by Gasteiger charge is -2.14. The van der Waals surface area contributed by atoms with Gasteiger partial charge in [0.25, 0.3) is 0 Å². The second-order valence-electron chi connectivity index (χ2n) is 8.03. The van der Waals surface area contributed by atoms with Gasteiger partial charge in [-0.3, -0.25) is 14.6 Å². The first-order valence-electron chi connectivity index (χ1n) is 11.6. The highest BCUT2D eigenvalue weighted by Crippen LogP contribution is 2.35. The van der Waals surface area contributed by atoms with Gasteiger partial charge in [-0.2, -0.15) is 13.2 Å². The number of hydrogen-bond acceptors (Lipinski definition) is 7. The van der Waals surface area contributed by atoms with Crippen molar-refractivity contribution in [2.75, 3.05) is 30.3 Å². The zero-order valence-corrected chi connectivity index (χ0v) is 21.4. The molecule has 2 amide bonds. The van der Waals surface area contributed by atoms with E-state index in [-0.39, 0.29) is 11.0 Å². The maximum Gasteiger partial charge on any atom is 0.427 e. The number of aromatic nitrogens is 3. The molecule has 3 aromatic rings. The summed E-state index contributed by atoms with van der Waals surface area (Å²) in [6.07, 6.45) is 2.37. The van der Waals surface area contributed by atoms with Crippen LogP contribution in [0.3, 0.4) is 0 Å². The molecule has 1 atom stereocenters. The van der Waals surface area contributed by atoms with Gasteiger partial charge in [-0.15, -0.1) is 0 Å². The van der Waals surface area contributed by atoms with Crippen LogP contribution in [0.2, 0.25) is 0 Å². The first-order chi connectivity index (χ1) is 17.6. The van der Waals surface area contributed by atoms with Gasteiger partial charge in [0.1, 0.15) is 4.88 Å². The van der Waals surface area contributed by atoms with Gasteiger partial charge in [0.05, 0.1) is 30.2 Å². The van der Waals surface area contributed by atoms with Gasteiger partial charge in [-0.25, -0.2) is 9.97 Å². The molecule has 0 unspecified atom stereocenters. The first kappa shape index (κ1) is 27.9. The summed E-state index contributed by atoms with van der Waals surface area (Å²) >= 11 is 0.371. The quantitative estimate of drug-likeness (QED) is 0.348. The fraction of sp³-hybridized carbons (Fsp3) is 0.320. The number of amides is 2. The van der Waals surface area contributed by atoms with Crippen LogP contribution < -0.4 is 10.6 Å². The smallest absolute Gasteiger partial charge is 0.306 e. The summed E-state index contributed by atoms with van der Waals surface area (Å²) < 4.78 is 38.3. The van der Waals surface area contributed by atoms with E-state index in [1.165, 1.54) is 18.5 Å². The van der Waals surface area contributed by atoms with Crippen molar-refractivity contribution in [2.24, 2.45) is 0 Å². The van der Waals surface area contributed by atoms with Crippen LogP contribution in [0.15, 0.2) is 55.0 Å². The normalized spacial score (nSPS) is 12.6. The molecule has 0 spiro atoms. The minimum Gasteiger partial charge on any atom is -0.306 e. The molecule has 2 aromatic heterocycles. The van der Waals surface area contributed by atoms with E-state index in [4.69, 9.17) is 0 Å². The van der Waals surface area contributed by atoms with E-state index in [2.05, 4.69) is 44.3 Å². The lowest BCUT2D eigenvalue weighted by atomic mass is 9.97. The van der Waals surface area contributed by atoms with E-state index in [9.17, 15) is 22.8 Å². The Balaban J connectivity index is 1.62. The molecule has 8 nitrogen and oxygen atoms in total. The number of rotatable bonds is 10. The van der Waals surface area contributed by atoms with Crippen LogP contribution in [-0.4, -0.2) is 51.3 Å². The maximum absolute atomic E-state index is 12.8. The number of likely N-dealkylation sites (N-methyl/N-ethyl adjacent to an activating group) is 1. The third kappa shape index (κ3) is 7.92. The van der Waals surface area contributed by atoms with Crippen molar-refractivity contribution < 1.29 is 22.8 Å². The molecule has 2 N–H and O–H groups in total. The number of nitrogens with zero attached hydrogens (tertiary/aromatic N) is 4. The molecule has 0 aliphatic rings. The van der Waals surface area contributed by atoms with Gasteiger partial charge in [-0.1, -0.05) is 49.5 Å². The fourth-order valence-electron chi connectivity index (χ4n) is 3.30. The molecule has 1 aromatic carbocycles. The van der Waals surface area contributed by atoms with Crippen molar-refractivity contribution in [3.63, 3.8) is 0 Å². The first-order valence-corrected chi connectivity index (χ1v) is 12.4. The van der Waals surface area contributed by atoms with Gasteiger partial charge in [0.2, 0.25) is 11.8 Å². The molecule has 0 aliphatic carbocycles. The minimum atomic E-state index is -4.51. The Labute approximate surface area is 216 Å². The van der Waals surface area contributed by atoms with Crippen molar-refractivity contribution >= 4 is 34.1 Å². The third-order valence-electron chi connectivity index (χ3n) is 5.52. The Hall–Kier alpha value is -3.64. The molecule has 0 aliphatic heterocycles. The van der Waals surface area contributed by atoms with E-state index < -0.39 is 22.9 Å². The van der Waals surface area contributed by atoms with Gasteiger partial charge in [0.15, 0.2) is 10.9 Å². The van der Waals surface area contributed by atoms with E-state index in [1.807, 2.05) is 0 Å². The average molecular weight is 533 g/mol. The molecular formula is C25H27F3N6O2S. The summed E-state index contributed by atoms with van der Waals surface area (Å²) in [5.74, 6) is -1.16. The van der Waals surface area contributed by atoms with Crippen LogP contribution in [0.4, 0.5) is 24.1 Å². The summed E-state index contributed by atoms with van der Waals surface area (Å²) in [6.45, 7) is 8.22. The zero-order chi connectivity index (χ0) is 27.0. The number of carbonyl (C=O) groups is 2. The number of thiazole rings is 1. The molecule has 37 heavy (non-hydrogen) atoms. The summed E-state index contributed by atoms with van der Waals surface area (Å²) in [5.41, 5.74) is 1.86. The second-order valence-corrected chi connectivity index (χ2v) is 9.06. The van der Waals surface area contributed by atoms with Crippen LogP contribution in [0.25, 0.3) is 11.3 Å². The highest BCUT2D eigenvalue weighted by Gasteiger charge is 2.33. The third-order valence-corrected chi connectivity index (χ3v) is 6.48. The van der Waals surface area contributed by atoms with E-state index in [0.29, 0.717) is 46.7 Å². The highest BCUT2D eigenvalue weighted by atomic mass is 32.1. The fourth-order valence-corrected chi connectivity index (χ4v) is 3.98. The zero-order valence-electron chi connectivity index (χ0n) is 20.5. The van der Waals surface area contributed by atoms with Crippen molar-refractivity contribution in [1.29, 1.82) is 0 Å². The molecule has 0 fully saturated rings. The van der Waals surface area contributed by atoms with Gasteiger partial charge in [-0.05, 0) is 31.6 Å². The summed E-state index contributed by atoms with van der Waals surface area (Å²) in [5, 5.41) is 4.98. The summed E-state index contributed by atoms with van der Waals surface area (Å²) in [7, 11) is 0. The monoisotopic (exact) mass is 532 g/mol. The number of anilines is 2. The molecule has 196 valence electrons. The molecular weight excluding hydrogens is 505 g/mol. The van der Waals surface area contributed by atoms with E-state index >= 15 is 0 Å². The number of carbonyl (C=O) groups excluding carboxylic acids is 2. The molecule has 0 saturated heterocycles. The predicted molar refractivity (Wildman–Crippen MR) is 137 cm³/mol. The molecule has 12 heteroatoms. The highest BCUT2D eigenvalue weighted by molar-refractivity contribution is 7.15. The van der Waals surface area contributed by atoms with Gasteiger partial charge in [0, 0.05) is 18.2 Å². The number of halogens is 3. The van der Waals surface area contributed by atoms with Crippen molar-refractivity contribution in [2.45, 2.75) is 32.9 Å². The maximum atomic E-state index is 12.8. The van der Waals surface area contributed by atoms with Crippen molar-refractivity contribution in [3.8, 4) is 11.3 Å². The molecule has 0 saturated carbocycles. The number of alkyl halides is 3. The molecule has 2 heterocycles. The second kappa shape index (κ2) is 12.5. The van der Waals surface area contributed by atoms with Gasteiger partial charge >= 0.3 is 6.18 Å². The SMILES string of the molecule is CCN(CC)C/C=C/C(=O)Nc1cnc(-c2cccc([C@H](C)C(=O)Nc3ncc(C(F)(F)F)s3)c2)cn1. The van der Waals surface area contributed by atoms with Crippen LogP contribution in [-0.2, 0) is 15.8 Å². The summed E-state index contributed by atoms with van der Waals surface area (Å²) in [6, 6.07) is 7.04. The lowest BCUT2D eigenvalue weighted by molar-refractivity contribution is -0.134. The molecule has 3 rings (SSSR count). The Morgan fingerprint density at radius 2 is 1.84 bits per heavy atom. The molecule has 0 bridgehead atoms. The number of benzene rings is 1. The van der Waals surface area contributed by atoms with E-state index in [1.54, 1.807) is 37.3 Å². The lowest BCUT2D eigenvalue weighted by Crippen LogP contribution is -2.23. The van der Waals surface area contributed by atoms with Crippen LogP contribution in [0.5, 0.6) is 0 Å². The van der Waals surface area contributed by atoms with Crippen LogP contribution in [0, 0.1) is 0 Å². The number of nitrogens with one attached hydrogen (secondary N) is 2. The Morgan fingerprint density at radius 3 is 2.46 bits per heavy atom. The number of hydrogen-bond donors (Lipinski definition) is 2. The average Bonchev–Trinajstić information content (AvgIpc) is 3.36. The van der Waals surface area contributed by atoms with Crippen molar-refractivity contribution in [1.82, 2.24) is 19.9 Å². The minimum absolute atomic E-state index is 0.119. The topological polar surface area (TPSA) is 100 Å². The van der Waals surface area contributed by atoms with Crippen LogP contribution >= 0.6 is 11.3 Å². The Kier molecular flexibility index (Phi) is 9.48. The van der Waals surface area contributed by atoms with Gasteiger partial charge < -0.3 is 15.5 Å². The van der Waals surface area contributed by atoms with E-state index in [0.717, 1.165) is 13.1 Å². The Bertz CT molecular complexity index is 1240. The molecule has 0 radical (unpaired) electrons. The summed E-state index contributed by atoms with van der Waals surface area (Å²) in [4.78, 5) is 38.2. The largest absolute Gasteiger partial charge is 0.427 e. The standard InChI is InChI=1S/C25H27F3N6O2S/c1-4-34(5-2)11-7-10-22(35)32-21-15-29-19(13-30-21)18-9-6-8-17(12-18)16(3)23(36)33-24-31-14-20(37-24)25(26,27)28/h6-10,12-16H,4-5,11H2,1-3H3,(H,30,32,35)(H,31,33,36)/b10-7+/t16-/m0/s1. The Morgan fingerprint density at radius 1 is 1.08 bits per heavy atom. The van der Waals surface area contributed by atoms with Crippen LogP contribution in [0.1, 0.15) is 37.1 Å². The predicted octanol–water partition coefficient (Wildman–Crippen LogP) is 5.20. The van der Waals surface area contributed by atoms with Crippen molar-refractivity contribution in [3.05, 3.63) is 65.4 Å².